The number of nitrogens with two attached hydrogens (primary N) is 2. The lowest BCUT2D eigenvalue weighted by Crippen LogP contribution is -2.46. The van der Waals surface area contributed by atoms with Crippen molar-refractivity contribution in [3.05, 3.63) is 59.7 Å². The van der Waals surface area contributed by atoms with Crippen LogP contribution in [-0.2, 0) is 19.6 Å². The number of carboxylic acids is 2. The third-order valence-electron chi connectivity index (χ3n) is 4.02. The monoisotopic (exact) mass is 518 g/mol. The van der Waals surface area contributed by atoms with Crippen molar-refractivity contribution in [2.75, 3.05) is 11.9 Å². The fourth-order valence-corrected chi connectivity index (χ4v) is 3.36. The lowest BCUT2D eigenvalue weighted by Gasteiger charge is -2.08. The van der Waals surface area contributed by atoms with Gasteiger partial charge in [-0.2, -0.15) is 13.2 Å². The highest BCUT2D eigenvalue weighted by molar-refractivity contribution is 7.89. The van der Waals surface area contributed by atoms with Crippen molar-refractivity contribution in [1.82, 2.24) is 4.72 Å². The van der Waals surface area contributed by atoms with E-state index in [1.807, 2.05) is 0 Å². The van der Waals surface area contributed by atoms with E-state index in [1.165, 1.54) is 48.5 Å². The van der Waals surface area contributed by atoms with Crippen molar-refractivity contribution in [2.45, 2.75) is 23.9 Å². The average Bonchev–Trinajstić information content (AvgIpc) is 2.77. The van der Waals surface area contributed by atoms with Gasteiger partial charge in [0.15, 0.2) is 0 Å². The largest absolute Gasteiger partial charge is 0.542 e. The summed E-state index contributed by atoms with van der Waals surface area (Å²) in [6.45, 7) is 0.0839. The Morgan fingerprint density at radius 2 is 1.49 bits per heavy atom. The van der Waals surface area contributed by atoms with E-state index in [4.69, 9.17) is 26.2 Å². The van der Waals surface area contributed by atoms with Crippen LogP contribution in [0.5, 0.6) is 0 Å². The molecule has 0 aliphatic carbocycles. The van der Waals surface area contributed by atoms with E-state index < -0.39 is 28.1 Å². The Morgan fingerprint density at radius 3 is 1.91 bits per heavy atom. The summed E-state index contributed by atoms with van der Waals surface area (Å²) in [6.07, 6.45) is -4.80. The van der Waals surface area contributed by atoms with Gasteiger partial charge in [-0.1, -0.05) is 0 Å². The zero-order valence-electron chi connectivity index (χ0n) is 17.8. The van der Waals surface area contributed by atoms with Gasteiger partial charge in [0.25, 0.3) is 5.84 Å². The number of aliphatic carboxylic acids is 1. The Bertz CT molecular complexity index is 1170. The third-order valence-corrected chi connectivity index (χ3v) is 5.49. The van der Waals surface area contributed by atoms with Gasteiger partial charge in [0.1, 0.15) is 5.97 Å². The highest BCUT2D eigenvalue weighted by Crippen LogP contribution is 2.12. The summed E-state index contributed by atoms with van der Waals surface area (Å²) in [5.41, 5.74) is 6.56. The van der Waals surface area contributed by atoms with E-state index >= 15 is 0 Å². The maximum atomic E-state index is 12.2. The molecule has 0 spiro atoms. The molecule has 35 heavy (non-hydrogen) atoms. The number of benzene rings is 2. The van der Waals surface area contributed by atoms with Crippen LogP contribution in [0, 0.1) is 0 Å². The van der Waals surface area contributed by atoms with Gasteiger partial charge in [0, 0.05) is 18.7 Å². The van der Waals surface area contributed by atoms with Gasteiger partial charge in [-0.15, -0.1) is 0 Å². The number of carbonyl (C=O) groups excluding carboxylic acids is 2. The molecule has 2 aromatic carbocycles. The van der Waals surface area contributed by atoms with Gasteiger partial charge < -0.3 is 20.3 Å². The van der Waals surface area contributed by atoms with Crippen LogP contribution in [0.3, 0.4) is 0 Å². The van der Waals surface area contributed by atoms with Crippen molar-refractivity contribution in [1.29, 1.82) is 0 Å². The van der Waals surface area contributed by atoms with Crippen molar-refractivity contribution in [3.8, 4) is 0 Å². The van der Waals surface area contributed by atoms with Crippen LogP contribution in [-0.4, -0.2) is 49.9 Å². The minimum absolute atomic E-state index is 0.0699. The number of sulfonamides is 1. The minimum atomic E-state index is -5.19. The summed E-state index contributed by atoms with van der Waals surface area (Å²) >= 11 is 0. The second-order valence-electron chi connectivity index (χ2n) is 6.70. The number of aromatic carboxylic acids is 1. The third kappa shape index (κ3) is 10.2. The maximum absolute atomic E-state index is 12.2. The zero-order valence-corrected chi connectivity index (χ0v) is 18.7. The van der Waals surface area contributed by atoms with Crippen LogP contribution in [0.1, 0.15) is 28.8 Å². The first-order valence-electron chi connectivity index (χ1n) is 9.53. The number of nitrogens with one attached hydrogen (secondary N) is 2. The number of hydrogen-bond acceptors (Lipinski definition) is 6. The number of carbonyl (C=O) groups is 3. The number of rotatable bonds is 9. The van der Waals surface area contributed by atoms with Gasteiger partial charge in [-0.25, -0.2) is 17.9 Å². The van der Waals surface area contributed by atoms with Gasteiger partial charge in [-0.3, -0.25) is 15.9 Å². The normalized spacial score (nSPS) is 11.1. The SMILES string of the molecule is NC(=[NH2+])c1ccc(S(=O)(=O)NCCCC(=O)Nc2ccc(C(=O)O)cc2)cc1.O=C([O-])C(F)(F)F. The molecule has 190 valence electrons. The number of anilines is 1. The lowest BCUT2D eigenvalue weighted by atomic mass is 10.2. The Morgan fingerprint density at radius 1 is 1.00 bits per heavy atom. The lowest BCUT2D eigenvalue weighted by molar-refractivity contribution is -0.344. The Balaban J connectivity index is 0.000000762. The fraction of sp³-hybridized carbons (Fsp3) is 0.200. The molecule has 2 rings (SSSR count). The van der Waals surface area contributed by atoms with E-state index in [0.717, 1.165) is 0 Å². The van der Waals surface area contributed by atoms with E-state index in [-0.39, 0.29) is 35.2 Å². The molecule has 0 aliphatic rings. The molecular weight excluding hydrogens is 497 g/mol. The fourth-order valence-electron chi connectivity index (χ4n) is 2.28. The molecule has 0 unspecified atom stereocenters. The Hall–Kier alpha value is -3.98. The second kappa shape index (κ2) is 12.5. The molecule has 7 N–H and O–H groups in total. The molecule has 1 amide bonds. The summed E-state index contributed by atoms with van der Waals surface area (Å²) in [7, 11) is -3.70. The molecule has 0 aromatic heterocycles. The first kappa shape index (κ1) is 29.1. The Kier molecular flexibility index (Phi) is 10.4. The highest BCUT2D eigenvalue weighted by Gasteiger charge is 2.28. The van der Waals surface area contributed by atoms with Crippen molar-refractivity contribution >= 4 is 39.4 Å². The molecule has 0 aliphatic heterocycles. The predicted molar refractivity (Wildman–Crippen MR) is 114 cm³/mol. The van der Waals surface area contributed by atoms with E-state index in [9.17, 15) is 31.2 Å². The van der Waals surface area contributed by atoms with Crippen molar-refractivity contribution in [2.24, 2.45) is 5.73 Å². The predicted octanol–water partition coefficient (Wildman–Crippen LogP) is -1.15. The first-order chi connectivity index (χ1) is 16.1. The van der Waals surface area contributed by atoms with Gasteiger partial charge in [0.2, 0.25) is 15.9 Å². The smallest absolute Gasteiger partial charge is 0.430 e. The minimum Gasteiger partial charge on any atom is -0.542 e. The van der Waals surface area contributed by atoms with Crippen LogP contribution in [0.4, 0.5) is 18.9 Å². The quantitative estimate of drug-likeness (QED) is 0.155. The van der Waals surface area contributed by atoms with Crippen LogP contribution in [0.25, 0.3) is 0 Å². The molecule has 0 heterocycles. The first-order valence-corrected chi connectivity index (χ1v) is 11.0. The van der Waals surface area contributed by atoms with Crippen molar-refractivity contribution < 1.29 is 51.6 Å². The topological polar surface area (TPSA) is 204 Å². The molecular formula is C20H21F3N4O7S. The molecule has 11 nitrogen and oxygen atoms in total. The van der Waals surface area contributed by atoms with Gasteiger partial charge in [0.05, 0.1) is 16.0 Å². The summed E-state index contributed by atoms with van der Waals surface area (Å²) < 4.78 is 58.4. The molecule has 0 atom stereocenters. The molecule has 0 saturated heterocycles. The molecule has 0 radical (unpaired) electrons. The van der Waals surface area contributed by atoms with E-state index in [0.29, 0.717) is 17.7 Å². The summed E-state index contributed by atoms with van der Waals surface area (Å²) in [4.78, 5) is 31.5. The second-order valence-corrected chi connectivity index (χ2v) is 8.46. The van der Waals surface area contributed by atoms with Crippen molar-refractivity contribution in [3.63, 3.8) is 0 Å². The average molecular weight is 518 g/mol. The number of amidine groups is 1. The molecule has 0 saturated carbocycles. The van der Waals surface area contributed by atoms with Crippen LogP contribution in [0.2, 0.25) is 0 Å². The number of halogens is 3. The molecule has 15 heteroatoms. The standard InChI is InChI=1S/C18H20N4O5S.C2HF3O2/c19-17(20)12-5-9-15(10-6-12)28(26,27)21-11-1-2-16(23)22-14-7-3-13(4-8-14)18(24)25;3-2(4,5)1(6)7/h3-10,21H,1-2,11H2,(H3,19,20)(H,22,23)(H,24,25);(H,6,7). The number of hydrogen-bond donors (Lipinski definition) is 5. The summed E-state index contributed by atoms with van der Waals surface area (Å²) in [5, 5.41) is 25.7. The Labute approximate surface area is 197 Å². The van der Waals surface area contributed by atoms with Gasteiger partial charge in [-0.05, 0) is 55.0 Å². The summed E-state index contributed by atoms with van der Waals surface area (Å²) in [6, 6.07) is 11.5. The zero-order chi connectivity index (χ0) is 26.8. The number of amides is 1. The van der Waals surface area contributed by atoms with E-state index in [2.05, 4.69) is 10.0 Å². The molecule has 2 aromatic rings. The number of carboxylic acid groups (broad SMARTS) is 2. The molecule has 0 fully saturated rings. The summed E-state index contributed by atoms with van der Waals surface area (Å²) in [5.74, 6) is -4.27. The van der Waals surface area contributed by atoms with Crippen LogP contribution >= 0.6 is 0 Å². The van der Waals surface area contributed by atoms with Gasteiger partial charge >= 0.3 is 12.1 Å². The number of alkyl halides is 3. The van der Waals surface area contributed by atoms with Crippen LogP contribution < -0.4 is 26.3 Å². The highest BCUT2D eigenvalue weighted by atomic mass is 32.2. The van der Waals surface area contributed by atoms with E-state index in [1.54, 1.807) is 0 Å². The molecule has 0 bridgehead atoms. The maximum Gasteiger partial charge on any atom is 0.430 e. The van der Waals surface area contributed by atoms with Crippen LogP contribution in [0.15, 0.2) is 53.4 Å².